The maximum absolute atomic E-state index is 5.62. The van der Waals surface area contributed by atoms with Gasteiger partial charge in [-0.3, -0.25) is 14.1 Å². The number of hydrogen-bond acceptors (Lipinski definition) is 10. The fourth-order valence-electron chi connectivity index (χ4n) is 7.88. The van der Waals surface area contributed by atoms with Crippen LogP contribution < -0.4 is 15.1 Å². The third-order valence-corrected chi connectivity index (χ3v) is 11.9. The minimum atomic E-state index is 0.411. The molecule has 3 aliphatic heterocycles. The Bertz CT molecular complexity index is 2380. The molecule has 270 valence electrons. The third-order valence-electron chi connectivity index (χ3n) is 11.0. The van der Waals surface area contributed by atoms with Crippen LogP contribution in [0.4, 0.5) is 11.5 Å². The van der Waals surface area contributed by atoms with Crippen LogP contribution in [0.15, 0.2) is 108 Å². The number of rotatable bonds is 5. The summed E-state index contributed by atoms with van der Waals surface area (Å²) in [5.41, 5.74) is 6.68. The van der Waals surface area contributed by atoms with Gasteiger partial charge in [-0.1, -0.05) is 18.2 Å². The fourth-order valence-corrected chi connectivity index (χ4v) is 8.74. The second-order valence-corrected chi connectivity index (χ2v) is 15.6. The summed E-state index contributed by atoms with van der Waals surface area (Å²) >= 11 is 1.62. The number of piperazine rings is 1. The van der Waals surface area contributed by atoms with Gasteiger partial charge in [0.25, 0.3) is 0 Å². The maximum atomic E-state index is 5.62. The largest absolute Gasteiger partial charge is 0.381 e. The average Bonchev–Trinajstić information content (AvgIpc) is 3.94. The monoisotopic (exact) mass is 724 g/mol. The van der Waals surface area contributed by atoms with Crippen molar-refractivity contribution in [3.8, 4) is 11.1 Å². The van der Waals surface area contributed by atoms with E-state index in [1.54, 1.807) is 11.8 Å². The lowest BCUT2D eigenvalue weighted by Crippen LogP contribution is -2.50. The lowest BCUT2D eigenvalue weighted by atomic mass is 9.80. The molecule has 1 unspecified atom stereocenters. The van der Waals surface area contributed by atoms with E-state index in [-0.39, 0.29) is 0 Å². The molecular formula is C41H44N10OS. The zero-order chi connectivity index (χ0) is 35.8. The van der Waals surface area contributed by atoms with E-state index in [4.69, 9.17) is 14.7 Å². The Morgan fingerprint density at radius 1 is 0.849 bits per heavy atom. The van der Waals surface area contributed by atoms with E-state index in [0.29, 0.717) is 11.5 Å². The molecule has 0 bridgehead atoms. The standard InChI is InChI=1S/C27H27N7OS.C14H17N3/c1-32-16-21(14-29-32)19-2-5-25-30-31-26(34(25)17-19)36-23-3-4-24-20(13-23)12-22(15-28-24)33-9-6-27(18-33)7-10-35-11-8-27;1-11-10-15-8-9-17(11)14-7-6-12-4-2-3-5-13(12)16-14/h2-5,12-17H,6-11,18H2,1H3;2-7,11,15H,8-10H2,1H3. The minimum absolute atomic E-state index is 0.411. The predicted molar refractivity (Wildman–Crippen MR) is 212 cm³/mol. The van der Waals surface area contributed by atoms with E-state index in [9.17, 15) is 0 Å². The van der Waals surface area contributed by atoms with Crippen LogP contribution in [-0.2, 0) is 11.8 Å². The zero-order valence-corrected chi connectivity index (χ0v) is 31.0. The second kappa shape index (κ2) is 14.4. The van der Waals surface area contributed by atoms with Gasteiger partial charge in [-0.05, 0) is 98.0 Å². The van der Waals surface area contributed by atoms with E-state index in [1.807, 2.05) is 46.9 Å². The van der Waals surface area contributed by atoms with Gasteiger partial charge in [-0.25, -0.2) is 4.98 Å². The molecule has 2 aromatic carbocycles. The maximum Gasteiger partial charge on any atom is 0.200 e. The average molecular weight is 725 g/mol. The molecule has 10 rings (SSSR count). The summed E-state index contributed by atoms with van der Waals surface area (Å²) in [5, 5.41) is 19.7. The molecule has 7 aromatic rings. The first-order chi connectivity index (χ1) is 26.0. The highest BCUT2D eigenvalue weighted by atomic mass is 32.2. The molecule has 8 heterocycles. The molecule has 3 saturated heterocycles. The topological polar surface area (TPSA) is 102 Å². The van der Waals surface area contributed by atoms with Crippen molar-refractivity contribution in [3.63, 3.8) is 0 Å². The Hall–Kier alpha value is -5.04. The molecule has 3 aliphatic rings. The number of nitrogens with zero attached hydrogens (tertiary/aromatic N) is 9. The van der Waals surface area contributed by atoms with Crippen molar-refractivity contribution in [2.75, 3.05) is 55.7 Å². The predicted octanol–water partition coefficient (Wildman–Crippen LogP) is 6.87. The first kappa shape index (κ1) is 33.8. The number of nitrogens with one attached hydrogen (secondary N) is 1. The summed E-state index contributed by atoms with van der Waals surface area (Å²) in [6, 6.07) is 25.8. The normalized spacial score (nSPS) is 18.6. The Morgan fingerprint density at radius 3 is 2.62 bits per heavy atom. The van der Waals surface area contributed by atoms with Crippen LogP contribution in [0.25, 0.3) is 38.6 Å². The van der Waals surface area contributed by atoms with Gasteiger partial charge in [-0.15, -0.1) is 10.2 Å². The van der Waals surface area contributed by atoms with Crippen LogP contribution in [0.2, 0.25) is 0 Å². The number of ether oxygens (including phenoxy) is 1. The highest BCUT2D eigenvalue weighted by Gasteiger charge is 2.39. The summed E-state index contributed by atoms with van der Waals surface area (Å²) in [7, 11) is 1.93. The summed E-state index contributed by atoms with van der Waals surface area (Å²) in [4.78, 5) is 15.5. The van der Waals surface area contributed by atoms with Crippen molar-refractivity contribution in [1.29, 1.82) is 0 Å². The SMILES string of the molecule is CC1CNCCN1c1ccc2ccccc2n1.Cn1cc(-c2ccc3nnc(Sc4ccc5ncc(N6CCC7(CCOCC7)C6)cc5c4)n3c2)cn1. The molecule has 1 N–H and O–H groups in total. The van der Waals surface area contributed by atoms with Gasteiger partial charge < -0.3 is 19.9 Å². The number of para-hydroxylation sites is 1. The van der Waals surface area contributed by atoms with Crippen LogP contribution in [0.5, 0.6) is 0 Å². The van der Waals surface area contributed by atoms with Crippen LogP contribution in [0.1, 0.15) is 26.2 Å². The lowest BCUT2D eigenvalue weighted by Gasteiger charge is -2.35. The smallest absolute Gasteiger partial charge is 0.200 e. The minimum Gasteiger partial charge on any atom is -0.381 e. The van der Waals surface area contributed by atoms with Crippen molar-refractivity contribution in [2.24, 2.45) is 12.5 Å². The number of aryl methyl sites for hydroxylation is 1. The molecule has 53 heavy (non-hydrogen) atoms. The van der Waals surface area contributed by atoms with E-state index in [0.717, 1.165) is 95.0 Å². The van der Waals surface area contributed by atoms with Crippen LogP contribution in [-0.4, -0.2) is 86.3 Å². The van der Waals surface area contributed by atoms with Crippen LogP contribution >= 0.6 is 11.8 Å². The van der Waals surface area contributed by atoms with Gasteiger partial charge in [0, 0.05) is 98.2 Å². The molecule has 3 fully saturated rings. The van der Waals surface area contributed by atoms with Crippen molar-refractivity contribution in [1.82, 2.24) is 39.7 Å². The van der Waals surface area contributed by atoms with Gasteiger partial charge in [0.2, 0.25) is 0 Å². The quantitative estimate of drug-likeness (QED) is 0.203. The van der Waals surface area contributed by atoms with E-state index >= 15 is 0 Å². The molecule has 1 spiro atoms. The van der Waals surface area contributed by atoms with E-state index in [2.05, 4.69) is 104 Å². The van der Waals surface area contributed by atoms with Crippen molar-refractivity contribution >= 4 is 50.7 Å². The lowest BCUT2D eigenvalue weighted by molar-refractivity contribution is 0.0254. The van der Waals surface area contributed by atoms with Crippen molar-refractivity contribution < 1.29 is 4.74 Å². The number of fused-ring (bicyclic) bond motifs is 3. The molecule has 0 radical (unpaired) electrons. The molecule has 0 amide bonds. The van der Waals surface area contributed by atoms with Gasteiger partial charge in [-0.2, -0.15) is 5.10 Å². The molecule has 12 heteroatoms. The molecular weight excluding hydrogens is 681 g/mol. The number of hydrogen-bond donors (Lipinski definition) is 1. The van der Waals surface area contributed by atoms with Crippen molar-refractivity contribution in [2.45, 2.75) is 42.3 Å². The summed E-state index contributed by atoms with van der Waals surface area (Å²) in [6.07, 6.45) is 11.6. The summed E-state index contributed by atoms with van der Waals surface area (Å²) in [6.45, 7) is 9.33. The Balaban J connectivity index is 0.000000183. The fraction of sp³-hybridized carbons (Fsp3) is 0.341. The Labute approximate surface area is 313 Å². The number of pyridine rings is 3. The van der Waals surface area contributed by atoms with Crippen LogP contribution in [0.3, 0.4) is 0 Å². The first-order valence-electron chi connectivity index (χ1n) is 18.6. The molecule has 0 aliphatic carbocycles. The van der Waals surface area contributed by atoms with Crippen LogP contribution in [0, 0.1) is 5.41 Å². The highest BCUT2D eigenvalue weighted by Crippen LogP contribution is 2.42. The summed E-state index contributed by atoms with van der Waals surface area (Å²) < 4.78 is 9.47. The molecule has 1 atom stereocenters. The molecule has 0 saturated carbocycles. The number of benzene rings is 2. The zero-order valence-electron chi connectivity index (χ0n) is 30.2. The molecule has 5 aromatic heterocycles. The second-order valence-electron chi connectivity index (χ2n) is 14.6. The van der Waals surface area contributed by atoms with Gasteiger partial charge >= 0.3 is 0 Å². The van der Waals surface area contributed by atoms with E-state index < -0.39 is 0 Å². The first-order valence-corrected chi connectivity index (χ1v) is 19.4. The van der Waals surface area contributed by atoms with Gasteiger partial charge in [0.05, 0.1) is 29.1 Å². The van der Waals surface area contributed by atoms with E-state index in [1.165, 1.54) is 30.3 Å². The molecule has 11 nitrogen and oxygen atoms in total. The van der Waals surface area contributed by atoms with Crippen molar-refractivity contribution in [3.05, 3.63) is 97.6 Å². The van der Waals surface area contributed by atoms with Gasteiger partial charge in [0.1, 0.15) is 5.82 Å². The highest BCUT2D eigenvalue weighted by molar-refractivity contribution is 7.99. The number of anilines is 2. The van der Waals surface area contributed by atoms with Gasteiger partial charge in [0.15, 0.2) is 10.8 Å². The summed E-state index contributed by atoms with van der Waals surface area (Å²) in [5.74, 6) is 1.10. The third kappa shape index (κ3) is 7.06. The Morgan fingerprint density at radius 2 is 1.75 bits per heavy atom. The number of aromatic nitrogens is 7. The Kier molecular flexibility index (Phi) is 9.18.